The molecule has 0 spiro atoms. The number of hydrogen-bond donors (Lipinski definition) is 3. The van der Waals surface area contributed by atoms with E-state index >= 15 is 0 Å². The monoisotopic (exact) mass is 242 g/mol. The number of nitrogens with one attached hydrogen (secondary N) is 2. The van der Waals surface area contributed by atoms with Gasteiger partial charge in [0.2, 0.25) is 5.91 Å². The SMILES string of the molecule is CCC(C)(NC(=O)C1NCCCC1C)C(=O)O. The highest BCUT2D eigenvalue weighted by molar-refractivity contribution is 5.89. The molecule has 3 atom stereocenters. The Morgan fingerprint density at radius 2 is 2.18 bits per heavy atom. The van der Waals surface area contributed by atoms with E-state index in [-0.39, 0.29) is 17.9 Å². The van der Waals surface area contributed by atoms with Gasteiger partial charge in [-0.1, -0.05) is 13.8 Å². The van der Waals surface area contributed by atoms with Crippen LogP contribution in [0.4, 0.5) is 0 Å². The van der Waals surface area contributed by atoms with Crippen LogP contribution in [0.3, 0.4) is 0 Å². The molecule has 98 valence electrons. The number of carboxylic acid groups (broad SMARTS) is 1. The van der Waals surface area contributed by atoms with E-state index in [4.69, 9.17) is 5.11 Å². The zero-order valence-corrected chi connectivity index (χ0v) is 10.7. The Balaban J connectivity index is 2.67. The maximum atomic E-state index is 12.1. The Morgan fingerprint density at radius 1 is 1.53 bits per heavy atom. The van der Waals surface area contributed by atoms with Gasteiger partial charge in [-0.3, -0.25) is 4.79 Å². The number of carboxylic acids is 1. The van der Waals surface area contributed by atoms with Gasteiger partial charge >= 0.3 is 5.97 Å². The van der Waals surface area contributed by atoms with Gasteiger partial charge in [0.1, 0.15) is 5.54 Å². The van der Waals surface area contributed by atoms with E-state index in [1.165, 1.54) is 0 Å². The van der Waals surface area contributed by atoms with Crippen molar-refractivity contribution in [3.8, 4) is 0 Å². The van der Waals surface area contributed by atoms with Crippen molar-refractivity contribution in [1.29, 1.82) is 0 Å². The number of hydrogen-bond acceptors (Lipinski definition) is 3. The van der Waals surface area contributed by atoms with Crippen molar-refractivity contribution in [1.82, 2.24) is 10.6 Å². The lowest BCUT2D eigenvalue weighted by atomic mass is 9.90. The number of rotatable bonds is 4. The first-order chi connectivity index (χ1) is 7.90. The summed E-state index contributed by atoms with van der Waals surface area (Å²) in [5.74, 6) is -0.945. The van der Waals surface area contributed by atoms with E-state index in [2.05, 4.69) is 10.6 Å². The predicted octanol–water partition coefficient (Wildman–Crippen LogP) is 0.744. The van der Waals surface area contributed by atoms with E-state index in [9.17, 15) is 9.59 Å². The van der Waals surface area contributed by atoms with Gasteiger partial charge in [-0.05, 0) is 38.6 Å². The van der Waals surface area contributed by atoms with Crippen molar-refractivity contribution >= 4 is 11.9 Å². The molecule has 1 amide bonds. The normalized spacial score (nSPS) is 28.2. The van der Waals surface area contributed by atoms with Gasteiger partial charge in [-0.15, -0.1) is 0 Å². The number of aliphatic carboxylic acids is 1. The maximum absolute atomic E-state index is 12.1. The molecule has 1 heterocycles. The molecule has 1 aliphatic rings. The van der Waals surface area contributed by atoms with Crippen LogP contribution < -0.4 is 10.6 Å². The van der Waals surface area contributed by atoms with Crippen LogP contribution in [0.25, 0.3) is 0 Å². The Kier molecular flexibility index (Phi) is 4.51. The fourth-order valence-corrected chi connectivity index (χ4v) is 2.04. The summed E-state index contributed by atoms with van der Waals surface area (Å²) in [6, 6.07) is -0.269. The lowest BCUT2D eigenvalue weighted by Crippen LogP contribution is -2.59. The summed E-state index contributed by atoms with van der Waals surface area (Å²) in [5, 5.41) is 14.9. The van der Waals surface area contributed by atoms with Crippen molar-refractivity contribution in [2.45, 2.75) is 51.6 Å². The van der Waals surface area contributed by atoms with Crippen LogP contribution in [-0.2, 0) is 9.59 Å². The summed E-state index contributed by atoms with van der Waals surface area (Å²) in [6.07, 6.45) is 2.44. The highest BCUT2D eigenvalue weighted by atomic mass is 16.4. The number of piperidine rings is 1. The third-order valence-electron chi connectivity index (χ3n) is 3.63. The molecular weight excluding hydrogens is 220 g/mol. The van der Waals surface area contributed by atoms with Crippen LogP contribution in [0.1, 0.15) is 40.0 Å². The first-order valence-corrected chi connectivity index (χ1v) is 6.19. The lowest BCUT2D eigenvalue weighted by molar-refractivity contribution is -0.147. The van der Waals surface area contributed by atoms with Crippen LogP contribution in [0, 0.1) is 5.92 Å². The van der Waals surface area contributed by atoms with Gasteiger partial charge in [-0.25, -0.2) is 4.79 Å². The molecule has 0 radical (unpaired) electrons. The van der Waals surface area contributed by atoms with Gasteiger partial charge in [0, 0.05) is 0 Å². The summed E-state index contributed by atoms with van der Waals surface area (Å²) >= 11 is 0. The minimum atomic E-state index is -1.17. The molecule has 0 aromatic heterocycles. The summed E-state index contributed by atoms with van der Waals surface area (Å²) in [4.78, 5) is 23.2. The smallest absolute Gasteiger partial charge is 0.329 e. The maximum Gasteiger partial charge on any atom is 0.329 e. The number of carbonyl (C=O) groups is 2. The molecule has 17 heavy (non-hydrogen) atoms. The molecule has 0 bridgehead atoms. The lowest BCUT2D eigenvalue weighted by Gasteiger charge is -2.32. The van der Waals surface area contributed by atoms with Crippen molar-refractivity contribution in [3.05, 3.63) is 0 Å². The van der Waals surface area contributed by atoms with Gasteiger partial charge in [0.05, 0.1) is 6.04 Å². The van der Waals surface area contributed by atoms with Crippen molar-refractivity contribution in [2.24, 2.45) is 5.92 Å². The average Bonchev–Trinajstić information content (AvgIpc) is 2.29. The van der Waals surface area contributed by atoms with Crippen LogP contribution in [0.2, 0.25) is 0 Å². The molecule has 1 saturated heterocycles. The minimum absolute atomic E-state index is 0.205. The van der Waals surface area contributed by atoms with E-state index in [0.29, 0.717) is 6.42 Å². The average molecular weight is 242 g/mol. The zero-order chi connectivity index (χ0) is 13.1. The summed E-state index contributed by atoms with van der Waals surface area (Å²) in [7, 11) is 0. The van der Waals surface area contributed by atoms with Crippen molar-refractivity contribution < 1.29 is 14.7 Å². The zero-order valence-electron chi connectivity index (χ0n) is 10.7. The van der Waals surface area contributed by atoms with E-state index in [1.807, 2.05) is 6.92 Å². The molecular formula is C12H22N2O3. The van der Waals surface area contributed by atoms with Crippen molar-refractivity contribution in [3.63, 3.8) is 0 Å². The summed E-state index contributed by atoms with van der Waals surface area (Å²) < 4.78 is 0. The highest BCUT2D eigenvalue weighted by Gasteiger charge is 2.36. The van der Waals surface area contributed by atoms with E-state index < -0.39 is 11.5 Å². The first kappa shape index (κ1) is 14.0. The largest absolute Gasteiger partial charge is 0.480 e. The molecule has 1 fully saturated rings. The Labute approximate surface area is 102 Å². The topological polar surface area (TPSA) is 78.4 Å². The highest BCUT2D eigenvalue weighted by Crippen LogP contribution is 2.17. The molecule has 1 rings (SSSR count). The molecule has 1 aliphatic heterocycles. The molecule has 0 aromatic carbocycles. The first-order valence-electron chi connectivity index (χ1n) is 6.19. The molecule has 5 nitrogen and oxygen atoms in total. The van der Waals surface area contributed by atoms with Crippen LogP contribution in [0.15, 0.2) is 0 Å². The van der Waals surface area contributed by atoms with Gasteiger partial charge in [0.15, 0.2) is 0 Å². The fraction of sp³-hybridized carbons (Fsp3) is 0.833. The molecule has 5 heteroatoms. The van der Waals surface area contributed by atoms with Gasteiger partial charge < -0.3 is 15.7 Å². The van der Waals surface area contributed by atoms with Gasteiger partial charge in [-0.2, -0.15) is 0 Å². The molecule has 3 N–H and O–H groups in total. The standard InChI is InChI=1S/C12H22N2O3/c1-4-12(3,11(16)17)14-10(15)9-8(2)6-5-7-13-9/h8-9,13H,4-7H2,1-3H3,(H,14,15)(H,16,17). The second-order valence-electron chi connectivity index (χ2n) is 5.03. The third kappa shape index (κ3) is 3.19. The minimum Gasteiger partial charge on any atom is -0.480 e. The summed E-state index contributed by atoms with van der Waals surface area (Å²) in [5.41, 5.74) is -1.17. The fourth-order valence-electron chi connectivity index (χ4n) is 2.04. The third-order valence-corrected chi connectivity index (χ3v) is 3.63. The second kappa shape index (κ2) is 5.49. The van der Waals surface area contributed by atoms with Crippen LogP contribution >= 0.6 is 0 Å². The van der Waals surface area contributed by atoms with Crippen LogP contribution in [-0.4, -0.2) is 35.1 Å². The Morgan fingerprint density at radius 3 is 2.65 bits per heavy atom. The van der Waals surface area contributed by atoms with Gasteiger partial charge in [0.25, 0.3) is 0 Å². The van der Waals surface area contributed by atoms with Crippen LogP contribution in [0.5, 0.6) is 0 Å². The number of carbonyl (C=O) groups excluding carboxylic acids is 1. The molecule has 3 unspecified atom stereocenters. The quantitative estimate of drug-likeness (QED) is 0.679. The van der Waals surface area contributed by atoms with E-state index in [1.54, 1.807) is 13.8 Å². The number of amides is 1. The Hall–Kier alpha value is -1.10. The predicted molar refractivity (Wildman–Crippen MR) is 64.7 cm³/mol. The molecule has 0 aliphatic carbocycles. The second-order valence-corrected chi connectivity index (χ2v) is 5.03. The summed E-state index contributed by atoms with van der Waals surface area (Å²) in [6.45, 7) is 6.13. The Bertz CT molecular complexity index is 306. The van der Waals surface area contributed by atoms with E-state index in [0.717, 1.165) is 19.4 Å². The van der Waals surface area contributed by atoms with Crippen molar-refractivity contribution in [2.75, 3.05) is 6.54 Å². The molecule has 0 saturated carbocycles. The molecule has 0 aromatic rings.